The number of aliphatic imine (C=N–C) groups is 1. The minimum atomic E-state index is -3.11. The van der Waals surface area contributed by atoms with Crippen LogP contribution in [0.5, 0.6) is 0 Å². The van der Waals surface area contributed by atoms with Crippen molar-refractivity contribution in [1.82, 2.24) is 4.90 Å². The van der Waals surface area contributed by atoms with Gasteiger partial charge in [0.2, 0.25) is 5.91 Å². The molecule has 4 rings (SSSR count). The summed E-state index contributed by atoms with van der Waals surface area (Å²) < 4.78 is 24.3. The van der Waals surface area contributed by atoms with Crippen LogP contribution in [0, 0.1) is 6.92 Å². The van der Waals surface area contributed by atoms with Crippen LogP contribution in [-0.2, 0) is 21.2 Å². The molecule has 10 heteroatoms. The summed E-state index contributed by atoms with van der Waals surface area (Å²) in [7, 11) is -3.11. The third-order valence-corrected chi connectivity index (χ3v) is 8.72. The Morgan fingerprint density at radius 3 is 2.68 bits per heavy atom. The molecule has 31 heavy (non-hydrogen) atoms. The largest absolute Gasteiger partial charge is 0.341 e. The number of carbonyl (C=O) groups excluding carboxylic acids is 1. The van der Waals surface area contributed by atoms with Crippen molar-refractivity contribution in [1.29, 1.82) is 0 Å². The van der Waals surface area contributed by atoms with E-state index in [9.17, 15) is 13.2 Å². The summed E-state index contributed by atoms with van der Waals surface area (Å²) in [5, 5.41) is 4.81. The molecule has 6 nitrogen and oxygen atoms in total. The summed E-state index contributed by atoms with van der Waals surface area (Å²) in [6.07, 6.45) is 0. The van der Waals surface area contributed by atoms with Gasteiger partial charge in [0, 0.05) is 22.3 Å². The number of nitrogens with one attached hydrogen (secondary N) is 1. The number of halogens is 2. The molecule has 0 spiro atoms. The second-order valence-corrected chi connectivity index (χ2v) is 11.6. The van der Waals surface area contributed by atoms with Gasteiger partial charge in [0.15, 0.2) is 15.0 Å². The van der Waals surface area contributed by atoms with Gasteiger partial charge in [-0.25, -0.2) is 8.42 Å². The van der Waals surface area contributed by atoms with Gasteiger partial charge < -0.3 is 10.2 Å². The molecule has 2 aromatic rings. The minimum absolute atomic E-state index is 0.0484. The number of fused-ring (bicyclic) bond motifs is 1. The second-order valence-electron chi connectivity index (χ2n) is 7.63. The Labute approximate surface area is 195 Å². The predicted octanol–water partition coefficient (Wildman–Crippen LogP) is 4.01. The van der Waals surface area contributed by atoms with E-state index in [4.69, 9.17) is 23.2 Å². The molecular weight excluding hydrogens is 477 g/mol. The third-order valence-electron chi connectivity index (χ3n) is 5.36. The lowest BCUT2D eigenvalue weighted by molar-refractivity contribution is -0.113. The van der Waals surface area contributed by atoms with Crippen LogP contribution < -0.4 is 5.32 Å². The van der Waals surface area contributed by atoms with Crippen molar-refractivity contribution in [2.45, 2.75) is 25.6 Å². The van der Waals surface area contributed by atoms with Gasteiger partial charge in [-0.1, -0.05) is 53.2 Å². The van der Waals surface area contributed by atoms with Crippen molar-refractivity contribution in [2.75, 3.05) is 22.6 Å². The topological polar surface area (TPSA) is 78.8 Å². The van der Waals surface area contributed by atoms with E-state index in [-0.39, 0.29) is 35.2 Å². The first-order valence-corrected chi connectivity index (χ1v) is 13.3. The first-order chi connectivity index (χ1) is 14.7. The maximum absolute atomic E-state index is 12.5. The SMILES string of the molecule is Cc1c(Cl)cccc1NC(=O)CSC1=NC2CS(=O)(=O)CC2N1Cc1ccc(Cl)cc1. The van der Waals surface area contributed by atoms with E-state index in [1.807, 2.05) is 24.0 Å². The van der Waals surface area contributed by atoms with Gasteiger partial charge in [0.1, 0.15) is 0 Å². The van der Waals surface area contributed by atoms with Crippen LogP contribution in [0.15, 0.2) is 47.5 Å². The van der Waals surface area contributed by atoms with E-state index < -0.39 is 9.84 Å². The van der Waals surface area contributed by atoms with Crippen LogP contribution in [0.25, 0.3) is 0 Å². The van der Waals surface area contributed by atoms with Gasteiger partial charge in [-0.15, -0.1) is 0 Å². The molecule has 1 fully saturated rings. The Balaban J connectivity index is 1.46. The molecule has 0 bridgehead atoms. The van der Waals surface area contributed by atoms with Crippen LogP contribution in [0.4, 0.5) is 5.69 Å². The molecule has 2 unspecified atom stereocenters. The van der Waals surface area contributed by atoms with E-state index in [0.29, 0.717) is 27.4 Å². The highest BCUT2D eigenvalue weighted by molar-refractivity contribution is 8.14. The highest BCUT2D eigenvalue weighted by Crippen LogP contribution is 2.32. The van der Waals surface area contributed by atoms with Crippen molar-refractivity contribution in [3.8, 4) is 0 Å². The molecule has 2 aromatic carbocycles. The standard InChI is InChI=1S/C21H21Cl2N3O3S2/c1-13-16(23)3-2-4-17(13)24-20(27)10-30-21-25-18-11-31(28,29)12-19(18)26(21)9-14-5-7-15(22)8-6-14/h2-8,18-19H,9-12H2,1H3,(H,24,27). The van der Waals surface area contributed by atoms with Crippen molar-refractivity contribution < 1.29 is 13.2 Å². The van der Waals surface area contributed by atoms with Gasteiger partial charge in [0.25, 0.3) is 0 Å². The normalized spacial score (nSPS) is 21.6. The van der Waals surface area contributed by atoms with Crippen molar-refractivity contribution >= 4 is 61.6 Å². The zero-order valence-electron chi connectivity index (χ0n) is 16.7. The molecule has 2 aliphatic rings. The molecule has 0 aliphatic carbocycles. The fourth-order valence-electron chi connectivity index (χ4n) is 3.74. The number of carbonyl (C=O) groups is 1. The van der Waals surface area contributed by atoms with Crippen LogP contribution in [-0.4, -0.2) is 53.7 Å². The van der Waals surface area contributed by atoms with Gasteiger partial charge in [0.05, 0.1) is 29.3 Å². The molecule has 1 N–H and O–H groups in total. The number of hydrogen-bond donors (Lipinski definition) is 1. The van der Waals surface area contributed by atoms with E-state index in [2.05, 4.69) is 10.3 Å². The third kappa shape index (κ3) is 5.19. The molecular formula is C21H21Cl2N3O3S2. The Hall–Kier alpha value is -1.74. The van der Waals surface area contributed by atoms with Gasteiger partial charge >= 0.3 is 0 Å². The number of amides is 1. The summed E-state index contributed by atoms with van der Waals surface area (Å²) >= 11 is 13.4. The van der Waals surface area contributed by atoms with Crippen LogP contribution in [0.3, 0.4) is 0 Å². The lowest BCUT2D eigenvalue weighted by Crippen LogP contribution is -2.38. The maximum Gasteiger partial charge on any atom is 0.234 e. The monoisotopic (exact) mass is 497 g/mol. The molecule has 0 radical (unpaired) electrons. The summed E-state index contributed by atoms with van der Waals surface area (Å²) in [4.78, 5) is 19.2. The van der Waals surface area contributed by atoms with Crippen molar-refractivity contribution in [3.63, 3.8) is 0 Å². The Kier molecular flexibility index (Phi) is 6.53. The highest BCUT2D eigenvalue weighted by Gasteiger charge is 2.46. The van der Waals surface area contributed by atoms with Gasteiger partial charge in [-0.05, 0) is 42.3 Å². The summed E-state index contributed by atoms with van der Waals surface area (Å²) in [6, 6.07) is 12.3. The van der Waals surface area contributed by atoms with E-state index >= 15 is 0 Å². The summed E-state index contributed by atoms with van der Waals surface area (Å²) in [5.41, 5.74) is 2.49. The van der Waals surface area contributed by atoms with Crippen LogP contribution >= 0.6 is 35.0 Å². The molecule has 2 heterocycles. The number of benzene rings is 2. The first kappa shape index (κ1) is 22.5. The molecule has 1 saturated heterocycles. The van der Waals surface area contributed by atoms with Gasteiger partial charge in [-0.3, -0.25) is 9.79 Å². The Morgan fingerprint density at radius 2 is 1.94 bits per heavy atom. The smallest absolute Gasteiger partial charge is 0.234 e. The summed E-state index contributed by atoms with van der Waals surface area (Å²) in [6.45, 7) is 2.36. The predicted molar refractivity (Wildman–Crippen MR) is 128 cm³/mol. The number of rotatable bonds is 5. The second kappa shape index (κ2) is 9.02. The van der Waals surface area contributed by atoms with Crippen LogP contribution in [0.2, 0.25) is 10.0 Å². The minimum Gasteiger partial charge on any atom is -0.341 e. The fraction of sp³-hybridized carbons (Fsp3) is 0.333. The first-order valence-electron chi connectivity index (χ1n) is 9.69. The molecule has 164 valence electrons. The zero-order chi connectivity index (χ0) is 22.2. The quantitative estimate of drug-likeness (QED) is 0.674. The van der Waals surface area contributed by atoms with E-state index in [1.165, 1.54) is 11.8 Å². The summed E-state index contributed by atoms with van der Waals surface area (Å²) in [5.74, 6) is 0.113. The number of sulfone groups is 1. The lowest BCUT2D eigenvalue weighted by atomic mass is 10.1. The van der Waals surface area contributed by atoms with Crippen LogP contribution in [0.1, 0.15) is 11.1 Å². The number of hydrogen-bond acceptors (Lipinski definition) is 6. The number of nitrogens with zero attached hydrogens (tertiary/aromatic N) is 2. The zero-order valence-corrected chi connectivity index (χ0v) is 19.9. The number of amidine groups is 1. The van der Waals surface area contributed by atoms with E-state index in [1.54, 1.807) is 30.3 Å². The molecule has 1 amide bonds. The molecule has 0 saturated carbocycles. The fourth-order valence-corrected chi connectivity index (χ4v) is 6.82. The Morgan fingerprint density at radius 1 is 1.19 bits per heavy atom. The van der Waals surface area contributed by atoms with Gasteiger partial charge in [-0.2, -0.15) is 0 Å². The molecule has 2 aliphatic heterocycles. The average molecular weight is 498 g/mol. The number of thioether (sulfide) groups is 1. The molecule has 2 atom stereocenters. The lowest BCUT2D eigenvalue weighted by Gasteiger charge is -2.26. The van der Waals surface area contributed by atoms with Crippen molar-refractivity contribution in [3.05, 3.63) is 63.6 Å². The highest BCUT2D eigenvalue weighted by atomic mass is 35.5. The average Bonchev–Trinajstić information content (AvgIpc) is 3.17. The maximum atomic E-state index is 12.5. The Bertz CT molecular complexity index is 1140. The molecule has 0 aromatic heterocycles. The number of anilines is 1. The van der Waals surface area contributed by atoms with E-state index in [0.717, 1.165) is 11.1 Å². The van der Waals surface area contributed by atoms with Crippen molar-refractivity contribution in [2.24, 2.45) is 4.99 Å².